The van der Waals surface area contributed by atoms with E-state index in [4.69, 9.17) is 28.4 Å². The van der Waals surface area contributed by atoms with Crippen LogP contribution in [-0.4, -0.2) is 202 Å². The molecule has 0 bridgehead atoms. The van der Waals surface area contributed by atoms with Crippen LogP contribution in [0.2, 0.25) is 0 Å². The van der Waals surface area contributed by atoms with E-state index in [-0.39, 0.29) is 34.5 Å². The minimum absolute atomic E-state index is 0.0188. The standard InChI is InChI=1S/C48H82O19/c1-21(9-13-31(45(4,5)61)67-42-39(59)36(56)33(53)26(19-50)64-42)22-15-16-46(6)28-12-10-23-24(48(28,8)29(51)17-47(22,46)7)11-14-30(44(23,2)3)66-43-40(60)37(57)34(54)27(65-43)20-62-41-38(58)35(55)32(52)25(18-49)63-41/h10,21-22,24-43,49-61H,9,11-20H2,1-8H3/t21-,22-,24-,25-,26-,27-,28?,29-,30+,31-,32-,33-,34-,35+,36+,37+,38-,39-,40-,41-,42+,43+,46+,47-,48+/m1/s1. The number of aliphatic hydroxyl groups excluding tert-OH is 12. The lowest BCUT2D eigenvalue weighted by atomic mass is 9.38. The summed E-state index contributed by atoms with van der Waals surface area (Å²) in [5, 5.41) is 138. The summed E-state index contributed by atoms with van der Waals surface area (Å²) in [7, 11) is 0. The molecule has 0 amide bonds. The molecule has 6 fully saturated rings. The molecule has 0 aromatic rings. The molecule has 19 heteroatoms. The summed E-state index contributed by atoms with van der Waals surface area (Å²) in [5.41, 5.74) is -1.65. The van der Waals surface area contributed by atoms with E-state index in [1.807, 2.05) is 0 Å². The largest absolute Gasteiger partial charge is 0.394 e. The van der Waals surface area contributed by atoms with Gasteiger partial charge in [-0.1, -0.05) is 53.2 Å². The van der Waals surface area contributed by atoms with Crippen LogP contribution in [0, 0.1) is 45.3 Å². The van der Waals surface area contributed by atoms with Crippen LogP contribution < -0.4 is 0 Å². The van der Waals surface area contributed by atoms with Crippen LogP contribution in [0.1, 0.15) is 107 Å². The van der Waals surface area contributed by atoms with Crippen molar-refractivity contribution < 1.29 is 94.8 Å². The molecule has 13 N–H and O–H groups in total. The third kappa shape index (κ3) is 9.24. The average molecular weight is 963 g/mol. The molecule has 19 nitrogen and oxygen atoms in total. The normalized spacial score (nSPS) is 51.0. The van der Waals surface area contributed by atoms with E-state index in [9.17, 15) is 66.4 Å². The first kappa shape index (κ1) is 53.8. The molecule has 7 aliphatic rings. The Kier molecular flexibility index (Phi) is 15.9. The second-order valence-electron chi connectivity index (χ2n) is 23.1. The van der Waals surface area contributed by atoms with Crippen molar-refractivity contribution in [1.82, 2.24) is 0 Å². The van der Waals surface area contributed by atoms with Gasteiger partial charge in [0.25, 0.3) is 0 Å². The lowest BCUT2D eigenvalue weighted by Crippen LogP contribution is -2.65. The van der Waals surface area contributed by atoms with Crippen LogP contribution >= 0.6 is 0 Å². The van der Waals surface area contributed by atoms with Gasteiger partial charge in [-0.05, 0) is 99.7 Å². The maximum absolute atomic E-state index is 12.6. The number of allylic oxidation sites excluding steroid dienone is 1. The van der Waals surface area contributed by atoms with E-state index >= 15 is 0 Å². The van der Waals surface area contributed by atoms with E-state index in [0.29, 0.717) is 32.1 Å². The zero-order valence-electron chi connectivity index (χ0n) is 40.3. The van der Waals surface area contributed by atoms with Gasteiger partial charge in [-0.3, -0.25) is 0 Å². The van der Waals surface area contributed by atoms with Gasteiger partial charge in [-0.25, -0.2) is 0 Å². The Morgan fingerprint density at radius 3 is 1.79 bits per heavy atom. The highest BCUT2D eigenvalue weighted by atomic mass is 16.7. The summed E-state index contributed by atoms with van der Waals surface area (Å²) in [6, 6.07) is 0. The lowest BCUT2D eigenvalue weighted by Gasteiger charge is -2.67. The average Bonchev–Trinajstić information content (AvgIpc) is 3.54. The Hall–Kier alpha value is -1.02. The minimum atomic E-state index is -1.69. The van der Waals surface area contributed by atoms with Crippen molar-refractivity contribution in [2.45, 2.75) is 223 Å². The van der Waals surface area contributed by atoms with Gasteiger partial charge in [-0.15, -0.1) is 0 Å². The number of hydrogen-bond donors (Lipinski definition) is 13. The summed E-state index contributed by atoms with van der Waals surface area (Å²) in [4.78, 5) is 0. The van der Waals surface area contributed by atoms with Crippen LogP contribution in [0.15, 0.2) is 11.6 Å². The summed E-state index contributed by atoms with van der Waals surface area (Å²) < 4.78 is 35.4. The molecule has 3 aliphatic heterocycles. The Morgan fingerprint density at radius 1 is 0.672 bits per heavy atom. The fraction of sp³-hybridized carbons (Fsp3) is 0.958. The first-order valence-electron chi connectivity index (χ1n) is 24.5. The fourth-order valence-corrected chi connectivity index (χ4v) is 14.2. The third-order valence-electron chi connectivity index (χ3n) is 18.7. The number of aliphatic hydroxyl groups is 13. The van der Waals surface area contributed by atoms with E-state index in [2.05, 4.69) is 47.6 Å². The SMILES string of the molecule is C[C@H](CC[C@@H](O[C@@H]1O[C@H](CO)[C@@H](O)[C@H](O)[C@H]1O)C(C)(C)O)[C@H]1CC[C@@]2(C)C3CC=C4[C@@H](CC[C@H](O[C@@H]5O[C@H](CO[C@@H]6O[C@H](CO)[C@@H](O)[C@H](O)[C@H]6O)[C@@H](O)[C@H](O)[C@H]5O)C4(C)C)[C@]3(C)[C@H](O)C[C@]12C. The van der Waals surface area contributed by atoms with Crippen molar-refractivity contribution in [3.63, 3.8) is 0 Å². The molecule has 0 spiro atoms. The first-order chi connectivity index (χ1) is 31.2. The van der Waals surface area contributed by atoms with Crippen LogP contribution in [0.3, 0.4) is 0 Å². The van der Waals surface area contributed by atoms with E-state index in [0.717, 1.165) is 24.8 Å². The molecule has 0 radical (unpaired) electrons. The van der Waals surface area contributed by atoms with Crippen LogP contribution in [0.25, 0.3) is 0 Å². The van der Waals surface area contributed by atoms with E-state index < -0.39 is 147 Å². The molecule has 67 heavy (non-hydrogen) atoms. The summed E-state index contributed by atoms with van der Waals surface area (Å²) in [6.45, 7) is 14.8. The zero-order chi connectivity index (χ0) is 49.5. The summed E-state index contributed by atoms with van der Waals surface area (Å²) in [6.07, 6.45) is -16.6. The molecule has 3 saturated heterocycles. The monoisotopic (exact) mass is 963 g/mol. The highest BCUT2D eigenvalue weighted by Gasteiger charge is 2.70. The second kappa shape index (κ2) is 19.8. The molecular weight excluding hydrogens is 881 g/mol. The Balaban J connectivity index is 1.02. The summed E-state index contributed by atoms with van der Waals surface area (Å²) >= 11 is 0. The Bertz CT molecular complexity index is 1710. The third-order valence-corrected chi connectivity index (χ3v) is 18.7. The van der Waals surface area contributed by atoms with Crippen molar-refractivity contribution in [2.24, 2.45) is 45.3 Å². The quantitative estimate of drug-likeness (QED) is 0.0924. The van der Waals surface area contributed by atoms with Crippen molar-refractivity contribution >= 4 is 0 Å². The molecule has 3 heterocycles. The van der Waals surface area contributed by atoms with Gasteiger partial charge in [0.2, 0.25) is 0 Å². The Labute approximate surface area is 393 Å². The van der Waals surface area contributed by atoms with Gasteiger partial charge < -0.3 is 94.8 Å². The smallest absolute Gasteiger partial charge is 0.187 e. The van der Waals surface area contributed by atoms with E-state index in [1.54, 1.807) is 13.8 Å². The van der Waals surface area contributed by atoms with Gasteiger partial charge in [-0.2, -0.15) is 0 Å². The molecule has 4 aliphatic carbocycles. The lowest BCUT2D eigenvalue weighted by molar-refractivity contribution is -0.340. The summed E-state index contributed by atoms with van der Waals surface area (Å²) in [5.74, 6) is 0.560. The van der Waals surface area contributed by atoms with Crippen molar-refractivity contribution in [2.75, 3.05) is 19.8 Å². The van der Waals surface area contributed by atoms with Gasteiger partial charge in [0, 0.05) is 10.8 Å². The fourth-order valence-electron chi connectivity index (χ4n) is 14.2. The van der Waals surface area contributed by atoms with E-state index in [1.165, 1.54) is 0 Å². The number of ether oxygens (including phenoxy) is 6. The van der Waals surface area contributed by atoms with Crippen LogP contribution in [0.4, 0.5) is 0 Å². The maximum atomic E-state index is 12.6. The second-order valence-corrected chi connectivity index (χ2v) is 23.1. The number of fused-ring (bicyclic) bond motifs is 5. The zero-order valence-corrected chi connectivity index (χ0v) is 40.3. The number of hydrogen-bond acceptors (Lipinski definition) is 19. The molecule has 25 atom stereocenters. The van der Waals surface area contributed by atoms with Gasteiger partial charge >= 0.3 is 0 Å². The molecule has 7 rings (SSSR count). The molecular formula is C48H82O19. The molecule has 0 aromatic heterocycles. The first-order valence-corrected chi connectivity index (χ1v) is 24.5. The maximum Gasteiger partial charge on any atom is 0.187 e. The molecule has 388 valence electrons. The highest BCUT2D eigenvalue weighted by Crippen LogP contribution is 2.75. The van der Waals surface area contributed by atoms with Crippen molar-refractivity contribution in [1.29, 1.82) is 0 Å². The molecule has 1 unspecified atom stereocenters. The van der Waals surface area contributed by atoms with Crippen molar-refractivity contribution in [3.8, 4) is 0 Å². The van der Waals surface area contributed by atoms with Gasteiger partial charge in [0.1, 0.15) is 73.2 Å². The van der Waals surface area contributed by atoms with Crippen molar-refractivity contribution in [3.05, 3.63) is 11.6 Å². The van der Waals surface area contributed by atoms with Crippen LogP contribution in [-0.2, 0) is 28.4 Å². The topological polar surface area (TPSA) is 318 Å². The predicted molar refractivity (Wildman–Crippen MR) is 235 cm³/mol. The van der Waals surface area contributed by atoms with Gasteiger partial charge in [0.05, 0.1) is 43.7 Å². The van der Waals surface area contributed by atoms with Crippen LogP contribution in [0.5, 0.6) is 0 Å². The Morgan fingerprint density at radius 2 is 1.21 bits per heavy atom. The highest BCUT2D eigenvalue weighted by molar-refractivity contribution is 5.32. The molecule has 3 saturated carbocycles. The van der Waals surface area contributed by atoms with Gasteiger partial charge in [0.15, 0.2) is 18.9 Å². The molecule has 0 aromatic carbocycles. The predicted octanol–water partition coefficient (Wildman–Crippen LogP) is -1.06. The number of rotatable bonds is 14. The minimum Gasteiger partial charge on any atom is -0.394 e.